The summed E-state index contributed by atoms with van der Waals surface area (Å²) in [6, 6.07) is 17.9. The smallest absolute Gasteiger partial charge is 0.264 e. The summed E-state index contributed by atoms with van der Waals surface area (Å²) >= 11 is 0. The molecular weight excluding hydrogens is 554 g/mol. The Hall–Kier alpha value is -4.05. The average molecular weight is 596 g/mol. The van der Waals surface area contributed by atoms with Crippen molar-refractivity contribution >= 4 is 27.5 Å². The summed E-state index contributed by atoms with van der Waals surface area (Å²) in [7, 11) is -1.36. The lowest BCUT2D eigenvalue weighted by Gasteiger charge is -2.33. The molecule has 0 spiro atoms. The molecule has 0 aliphatic heterocycles. The van der Waals surface area contributed by atoms with Gasteiger partial charge in [0.1, 0.15) is 24.1 Å². The molecule has 0 aromatic heterocycles. The Kier molecular flexibility index (Phi) is 11.0. The van der Waals surface area contributed by atoms with E-state index in [1.807, 2.05) is 52.0 Å². The van der Waals surface area contributed by atoms with E-state index in [-0.39, 0.29) is 34.7 Å². The second-order valence-corrected chi connectivity index (χ2v) is 12.5. The van der Waals surface area contributed by atoms with Crippen LogP contribution in [0.15, 0.2) is 71.6 Å². The molecule has 0 heterocycles. The third-order valence-electron chi connectivity index (χ3n) is 7.00. The average Bonchev–Trinajstić information content (AvgIpc) is 2.97. The quantitative estimate of drug-likeness (QED) is 0.307. The number of hydrogen-bond acceptors (Lipinski definition) is 6. The van der Waals surface area contributed by atoms with Gasteiger partial charge >= 0.3 is 0 Å². The number of carbonyl (C=O) groups excluding carboxylic acids is 2. The Morgan fingerprint density at radius 3 is 2.17 bits per heavy atom. The van der Waals surface area contributed by atoms with E-state index >= 15 is 0 Å². The predicted octanol–water partition coefficient (Wildman–Crippen LogP) is 4.71. The second-order valence-electron chi connectivity index (χ2n) is 10.6. The Bertz CT molecular complexity index is 1490. The maximum Gasteiger partial charge on any atom is 0.264 e. The van der Waals surface area contributed by atoms with E-state index in [2.05, 4.69) is 5.32 Å². The number of sulfonamides is 1. The van der Waals surface area contributed by atoms with Gasteiger partial charge in [0, 0.05) is 19.2 Å². The summed E-state index contributed by atoms with van der Waals surface area (Å²) in [5.41, 5.74) is 2.82. The number of rotatable bonds is 13. The molecular formula is C32H41N3O6S. The molecule has 10 heteroatoms. The Labute approximate surface area is 249 Å². The van der Waals surface area contributed by atoms with Crippen LogP contribution in [0.4, 0.5) is 5.69 Å². The van der Waals surface area contributed by atoms with Crippen molar-refractivity contribution in [2.24, 2.45) is 5.92 Å². The summed E-state index contributed by atoms with van der Waals surface area (Å²) in [6.45, 7) is 9.39. The standard InChI is InChI=1S/C32H41N3O6S/c1-22(2)19-33-32(37)25(5)34(20-26-11-9-8-10-24(26)4)31(36)21-35(29-18-27(40-6)14-17-30(29)41-7)42(38,39)28-15-12-23(3)13-16-28/h8-18,22,25H,19-21H2,1-7H3,(H,33,37)/t25-/m0/s1. The maximum absolute atomic E-state index is 14.2. The van der Waals surface area contributed by atoms with Gasteiger partial charge in [-0.2, -0.15) is 0 Å². The molecule has 2 amide bonds. The highest BCUT2D eigenvalue weighted by atomic mass is 32.2. The van der Waals surface area contributed by atoms with E-state index in [1.54, 1.807) is 31.2 Å². The van der Waals surface area contributed by atoms with E-state index in [1.165, 1.54) is 37.3 Å². The minimum atomic E-state index is -4.26. The van der Waals surface area contributed by atoms with Crippen molar-refractivity contribution in [1.82, 2.24) is 10.2 Å². The molecule has 0 radical (unpaired) electrons. The van der Waals surface area contributed by atoms with Crippen molar-refractivity contribution in [1.29, 1.82) is 0 Å². The molecule has 1 atom stereocenters. The molecule has 0 saturated heterocycles. The highest BCUT2D eigenvalue weighted by Crippen LogP contribution is 2.36. The third-order valence-corrected chi connectivity index (χ3v) is 8.77. The molecule has 3 aromatic rings. The molecule has 3 rings (SSSR count). The fourth-order valence-corrected chi connectivity index (χ4v) is 5.77. The molecule has 0 fully saturated rings. The normalized spacial score (nSPS) is 12.0. The Morgan fingerprint density at radius 2 is 1.57 bits per heavy atom. The van der Waals surface area contributed by atoms with Crippen LogP contribution in [0.2, 0.25) is 0 Å². The van der Waals surface area contributed by atoms with Gasteiger partial charge in [0.25, 0.3) is 10.0 Å². The van der Waals surface area contributed by atoms with Gasteiger partial charge in [0.2, 0.25) is 11.8 Å². The van der Waals surface area contributed by atoms with E-state index in [0.717, 1.165) is 21.0 Å². The number of hydrogen-bond donors (Lipinski definition) is 1. The van der Waals surface area contributed by atoms with Gasteiger partial charge in [-0.15, -0.1) is 0 Å². The first-order valence-corrected chi connectivity index (χ1v) is 15.3. The molecule has 1 N–H and O–H groups in total. The molecule has 9 nitrogen and oxygen atoms in total. The van der Waals surface area contributed by atoms with Gasteiger partial charge in [-0.25, -0.2) is 8.42 Å². The zero-order chi connectivity index (χ0) is 31.0. The molecule has 0 aliphatic rings. The Morgan fingerprint density at radius 1 is 0.905 bits per heavy atom. The van der Waals surface area contributed by atoms with Crippen LogP contribution in [-0.2, 0) is 26.2 Å². The molecule has 0 aliphatic carbocycles. The number of nitrogens with one attached hydrogen (secondary N) is 1. The predicted molar refractivity (Wildman–Crippen MR) is 164 cm³/mol. The topological polar surface area (TPSA) is 105 Å². The molecule has 0 bridgehead atoms. The molecule has 0 unspecified atom stereocenters. The number of methoxy groups -OCH3 is 2. The number of amides is 2. The zero-order valence-electron chi connectivity index (χ0n) is 25.4. The van der Waals surface area contributed by atoms with Crippen LogP contribution >= 0.6 is 0 Å². The fourth-order valence-electron chi connectivity index (χ4n) is 4.35. The molecule has 0 saturated carbocycles. The van der Waals surface area contributed by atoms with Crippen LogP contribution in [0.25, 0.3) is 0 Å². The molecule has 42 heavy (non-hydrogen) atoms. The third kappa shape index (κ3) is 7.82. The lowest BCUT2D eigenvalue weighted by atomic mass is 10.1. The van der Waals surface area contributed by atoms with Crippen molar-refractivity contribution in [2.75, 3.05) is 31.6 Å². The Balaban J connectivity index is 2.12. The van der Waals surface area contributed by atoms with Crippen LogP contribution in [0.5, 0.6) is 11.5 Å². The van der Waals surface area contributed by atoms with Gasteiger partial charge in [0.05, 0.1) is 24.8 Å². The number of aryl methyl sites for hydroxylation is 2. The summed E-state index contributed by atoms with van der Waals surface area (Å²) in [6.07, 6.45) is 0. The van der Waals surface area contributed by atoms with Crippen molar-refractivity contribution in [3.8, 4) is 11.5 Å². The number of ether oxygens (including phenoxy) is 2. The monoisotopic (exact) mass is 595 g/mol. The first-order chi connectivity index (χ1) is 19.9. The first kappa shape index (κ1) is 32.5. The minimum absolute atomic E-state index is 0.0129. The number of benzene rings is 3. The van der Waals surface area contributed by atoms with Gasteiger partial charge in [0.15, 0.2) is 0 Å². The van der Waals surface area contributed by atoms with Crippen molar-refractivity contribution < 1.29 is 27.5 Å². The van der Waals surface area contributed by atoms with E-state index in [9.17, 15) is 18.0 Å². The maximum atomic E-state index is 14.2. The van der Waals surface area contributed by atoms with Crippen LogP contribution in [0.3, 0.4) is 0 Å². The van der Waals surface area contributed by atoms with Crippen LogP contribution in [-0.4, -0.2) is 58.5 Å². The lowest BCUT2D eigenvalue weighted by molar-refractivity contribution is -0.139. The van der Waals surface area contributed by atoms with Crippen molar-refractivity contribution in [2.45, 2.75) is 52.1 Å². The highest BCUT2D eigenvalue weighted by Gasteiger charge is 2.34. The van der Waals surface area contributed by atoms with Crippen LogP contribution in [0, 0.1) is 19.8 Å². The van der Waals surface area contributed by atoms with E-state index < -0.39 is 28.5 Å². The van der Waals surface area contributed by atoms with Crippen LogP contribution in [0.1, 0.15) is 37.5 Å². The van der Waals surface area contributed by atoms with Gasteiger partial charge in [-0.1, -0.05) is 55.8 Å². The first-order valence-electron chi connectivity index (χ1n) is 13.8. The summed E-state index contributed by atoms with van der Waals surface area (Å²) in [5.74, 6) is -0.0195. The van der Waals surface area contributed by atoms with Gasteiger partial charge < -0.3 is 19.7 Å². The molecule has 226 valence electrons. The highest BCUT2D eigenvalue weighted by molar-refractivity contribution is 7.92. The summed E-state index contributed by atoms with van der Waals surface area (Å²) in [5, 5.41) is 2.90. The SMILES string of the molecule is COc1ccc(OC)c(N(CC(=O)N(Cc2ccccc2C)[C@@H](C)C(=O)NCC(C)C)S(=O)(=O)c2ccc(C)cc2)c1. The number of anilines is 1. The summed E-state index contributed by atoms with van der Waals surface area (Å²) < 4.78 is 40.2. The zero-order valence-corrected chi connectivity index (χ0v) is 26.2. The van der Waals surface area contributed by atoms with Gasteiger partial charge in [-0.3, -0.25) is 13.9 Å². The number of nitrogens with zero attached hydrogens (tertiary/aromatic N) is 2. The van der Waals surface area contributed by atoms with Crippen molar-refractivity contribution in [3.05, 3.63) is 83.4 Å². The fraction of sp³-hybridized carbons (Fsp3) is 0.375. The van der Waals surface area contributed by atoms with Crippen molar-refractivity contribution in [3.63, 3.8) is 0 Å². The largest absolute Gasteiger partial charge is 0.497 e. The minimum Gasteiger partial charge on any atom is -0.497 e. The molecule has 3 aromatic carbocycles. The second kappa shape index (κ2) is 14.2. The summed E-state index contributed by atoms with van der Waals surface area (Å²) in [4.78, 5) is 28.8. The van der Waals surface area contributed by atoms with E-state index in [0.29, 0.717) is 12.3 Å². The van der Waals surface area contributed by atoms with Gasteiger partial charge in [-0.05, 0) is 62.1 Å². The number of carbonyl (C=O) groups is 2. The van der Waals surface area contributed by atoms with Crippen LogP contribution < -0.4 is 19.1 Å². The lowest BCUT2D eigenvalue weighted by Crippen LogP contribution is -2.51. The van der Waals surface area contributed by atoms with E-state index in [4.69, 9.17) is 9.47 Å².